The maximum absolute atomic E-state index is 3.73. The van der Waals surface area contributed by atoms with E-state index in [9.17, 15) is 0 Å². The van der Waals surface area contributed by atoms with Crippen molar-refractivity contribution < 1.29 is 0 Å². The molecule has 1 heterocycles. The molecule has 1 fully saturated rings. The van der Waals surface area contributed by atoms with E-state index in [-0.39, 0.29) is 0 Å². The van der Waals surface area contributed by atoms with E-state index in [1.54, 1.807) is 0 Å². The Hall–Kier alpha value is -0.0800. The zero-order valence-corrected chi connectivity index (χ0v) is 11.6. The highest BCUT2D eigenvalue weighted by Crippen LogP contribution is 2.19. The van der Waals surface area contributed by atoms with Crippen molar-refractivity contribution in [1.29, 1.82) is 0 Å². The van der Waals surface area contributed by atoms with Crippen LogP contribution in [0.15, 0.2) is 0 Å². The summed E-state index contributed by atoms with van der Waals surface area (Å²) in [6.45, 7) is 13.0. The van der Waals surface area contributed by atoms with Crippen LogP contribution in [0.3, 0.4) is 0 Å². The minimum atomic E-state index is 0.686. The molecule has 0 spiro atoms. The molecule has 2 heteroatoms. The quantitative estimate of drug-likeness (QED) is 0.718. The molecule has 1 rings (SSSR count). The van der Waals surface area contributed by atoms with Crippen LogP contribution in [0.1, 0.15) is 53.4 Å². The van der Waals surface area contributed by atoms with Gasteiger partial charge in [-0.25, -0.2) is 0 Å². The lowest BCUT2D eigenvalue weighted by Crippen LogP contribution is -2.46. The molecule has 1 N–H and O–H groups in total. The first-order valence-corrected chi connectivity index (χ1v) is 7.16. The van der Waals surface area contributed by atoms with Crippen LogP contribution in [0.4, 0.5) is 0 Å². The van der Waals surface area contributed by atoms with E-state index >= 15 is 0 Å². The Bertz CT molecular complexity index is 182. The van der Waals surface area contributed by atoms with Gasteiger partial charge in [-0.3, -0.25) is 4.90 Å². The SMILES string of the molecule is CCCNC(CN1CCCC1C)C(C)CC. The summed E-state index contributed by atoms with van der Waals surface area (Å²) in [5.41, 5.74) is 0. The van der Waals surface area contributed by atoms with Gasteiger partial charge < -0.3 is 5.32 Å². The van der Waals surface area contributed by atoms with E-state index in [0.29, 0.717) is 6.04 Å². The van der Waals surface area contributed by atoms with Crippen LogP contribution < -0.4 is 5.32 Å². The smallest absolute Gasteiger partial charge is 0.0220 e. The van der Waals surface area contributed by atoms with Gasteiger partial charge in [-0.1, -0.05) is 27.2 Å². The fraction of sp³-hybridized carbons (Fsp3) is 1.00. The van der Waals surface area contributed by atoms with Gasteiger partial charge in [-0.2, -0.15) is 0 Å². The normalized spacial score (nSPS) is 25.9. The molecule has 3 atom stereocenters. The third-order valence-electron chi connectivity index (χ3n) is 4.11. The van der Waals surface area contributed by atoms with Crippen LogP contribution in [-0.4, -0.2) is 36.6 Å². The molecule has 0 aromatic carbocycles. The minimum Gasteiger partial charge on any atom is -0.312 e. The molecule has 1 saturated heterocycles. The highest BCUT2D eigenvalue weighted by Gasteiger charge is 2.25. The van der Waals surface area contributed by atoms with Gasteiger partial charge in [-0.15, -0.1) is 0 Å². The molecule has 0 bridgehead atoms. The predicted molar refractivity (Wildman–Crippen MR) is 71.8 cm³/mol. The zero-order valence-electron chi connectivity index (χ0n) is 11.6. The summed E-state index contributed by atoms with van der Waals surface area (Å²) in [5.74, 6) is 0.791. The van der Waals surface area contributed by atoms with Gasteiger partial charge in [0.1, 0.15) is 0 Å². The van der Waals surface area contributed by atoms with Crippen molar-refractivity contribution in [1.82, 2.24) is 10.2 Å². The van der Waals surface area contributed by atoms with Crippen LogP contribution in [0.2, 0.25) is 0 Å². The summed E-state index contributed by atoms with van der Waals surface area (Å²) in [5, 5.41) is 3.73. The molecule has 0 aliphatic carbocycles. The van der Waals surface area contributed by atoms with Crippen molar-refractivity contribution in [2.75, 3.05) is 19.6 Å². The van der Waals surface area contributed by atoms with Gasteiger partial charge in [0.05, 0.1) is 0 Å². The Balaban J connectivity index is 2.41. The molecular weight excluding hydrogens is 196 g/mol. The standard InChI is InChI=1S/C14H30N2/c1-5-9-15-14(12(3)6-2)11-16-10-7-8-13(16)4/h12-15H,5-11H2,1-4H3. The van der Waals surface area contributed by atoms with Gasteiger partial charge in [0.2, 0.25) is 0 Å². The molecule has 1 aliphatic rings. The molecule has 0 aromatic rings. The lowest BCUT2D eigenvalue weighted by atomic mass is 9.98. The Kier molecular flexibility index (Phi) is 6.37. The molecule has 0 saturated carbocycles. The van der Waals surface area contributed by atoms with Crippen molar-refractivity contribution in [3.05, 3.63) is 0 Å². The summed E-state index contributed by atoms with van der Waals surface area (Å²) in [6, 6.07) is 1.49. The lowest BCUT2D eigenvalue weighted by Gasteiger charge is -2.31. The first-order valence-electron chi connectivity index (χ1n) is 7.16. The number of hydrogen-bond acceptors (Lipinski definition) is 2. The molecule has 2 nitrogen and oxygen atoms in total. The molecule has 0 amide bonds. The van der Waals surface area contributed by atoms with Gasteiger partial charge in [0.15, 0.2) is 0 Å². The van der Waals surface area contributed by atoms with E-state index in [1.807, 2.05) is 0 Å². The van der Waals surface area contributed by atoms with Crippen LogP contribution in [0.25, 0.3) is 0 Å². The Labute approximate surface area is 102 Å². The zero-order chi connectivity index (χ0) is 12.0. The maximum atomic E-state index is 3.73. The second-order valence-corrected chi connectivity index (χ2v) is 5.43. The van der Waals surface area contributed by atoms with E-state index in [1.165, 1.54) is 38.8 Å². The molecule has 0 radical (unpaired) electrons. The third kappa shape index (κ3) is 4.06. The minimum absolute atomic E-state index is 0.686. The first kappa shape index (κ1) is 14.0. The summed E-state index contributed by atoms with van der Waals surface area (Å²) in [4.78, 5) is 2.67. The van der Waals surface area contributed by atoms with E-state index in [2.05, 4.69) is 37.9 Å². The highest BCUT2D eigenvalue weighted by atomic mass is 15.2. The number of nitrogens with one attached hydrogen (secondary N) is 1. The van der Waals surface area contributed by atoms with Crippen LogP contribution in [0.5, 0.6) is 0 Å². The van der Waals surface area contributed by atoms with E-state index in [4.69, 9.17) is 0 Å². The summed E-state index contributed by atoms with van der Waals surface area (Å²) >= 11 is 0. The summed E-state index contributed by atoms with van der Waals surface area (Å²) in [6.07, 6.45) is 5.30. The molecule has 96 valence electrons. The maximum Gasteiger partial charge on any atom is 0.0220 e. The van der Waals surface area contributed by atoms with Crippen molar-refractivity contribution in [2.45, 2.75) is 65.5 Å². The molecule has 0 aromatic heterocycles. The van der Waals surface area contributed by atoms with Crippen molar-refractivity contribution >= 4 is 0 Å². The average molecular weight is 226 g/mol. The van der Waals surface area contributed by atoms with E-state index in [0.717, 1.165) is 18.5 Å². The van der Waals surface area contributed by atoms with Gasteiger partial charge >= 0.3 is 0 Å². The second-order valence-electron chi connectivity index (χ2n) is 5.43. The van der Waals surface area contributed by atoms with Crippen molar-refractivity contribution in [3.63, 3.8) is 0 Å². The largest absolute Gasteiger partial charge is 0.312 e. The van der Waals surface area contributed by atoms with Gasteiger partial charge in [-0.05, 0) is 45.2 Å². The van der Waals surface area contributed by atoms with Crippen LogP contribution in [0, 0.1) is 5.92 Å². The fourth-order valence-corrected chi connectivity index (χ4v) is 2.58. The molecule has 3 unspecified atom stereocenters. The Morgan fingerprint density at radius 3 is 2.62 bits per heavy atom. The first-order chi connectivity index (χ1) is 7.69. The molecular formula is C14H30N2. The lowest BCUT2D eigenvalue weighted by molar-refractivity contribution is 0.206. The van der Waals surface area contributed by atoms with Crippen LogP contribution >= 0.6 is 0 Å². The van der Waals surface area contributed by atoms with Crippen LogP contribution in [-0.2, 0) is 0 Å². The summed E-state index contributed by atoms with van der Waals surface area (Å²) < 4.78 is 0. The molecule has 1 aliphatic heterocycles. The Morgan fingerprint density at radius 2 is 2.12 bits per heavy atom. The second kappa shape index (κ2) is 7.29. The molecule has 16 heavy (non-hydrogen) atoms. The monoisotopic (exact) mass is 226 g/mol. The highest BCUT2D eigenvalue weighted by molar-refractivity contribution is 4.82. The van der Waals surface area contributed by atoms with Crippen molar-refractivity contribution in [3.8, 4) is 0 Å². The van der Waals surface area contributed by atoms with Gasteiger partial charge in [0, 0.05) is 18.6 Å². The average Bonchev–Trinajstić information content (AvgIpc) is 2.69. The van der Waals surface area contributed by atoms with E-state index < -0.39 is 0 Å². The predicted octanol–water partition coefficient (Wildman–Crippen LogP) is 2.89. The topological polar surface area (TPSA) is 15.3 Å². The number of hydrogen-bond donors (Lipinski definition) is 1. The fourth-order valence-electron chi connectivity index (χ4n) is 2.58. The number of rotatable bonds is 7. The summed E-state index contributed by atoms with van der Waals surface area (Å²) in [7, 11) is 0. The number of nitrogens with zero attached hydrogens (tertiary/aromatic N) is 1. The van der Waals surface area contributed by atoms with Gasteiger partial charge in [0.25, 0.3) is 0 Å². The number of likely N-dealkylation sites (tertiary alicyclic amines) is 1. The Morgan fingerprint density at radius 1 is 1.38 bits per heavy atom. The van der Waals surface area contributed by atoms with Crippen molar-refractivity contribution in [2.24, 2.45) is 5.92 Å². The third-order valence-corrected chi connectivity index (χ3v) is 4.11.